The van der Waals surface area contributed by atoms with Crippen molar-refractivity contribution < 1.29 is 9.59 Å². The molecule has 1 unspecified atom stereocenters. The third-order valence-electron chi connectivity index (χ3n) is 4.06. The Morgan fingerprint density at radius 1 is 1.14 bits per heavy atom. The van der Waals surface area contributed by atoms with Crippen LogP contribution in [0.15, 0.2) is 24.3 Å². The van der Waals surface area contributed by atoms with Gasteiger partial charge in [-0.15, -0.1) is 0 Å². The van der Waals surface area contributed by atoms with E-state index in [1.54, 1.807) is 31.2 Å². The summed E-state index contributed by atoms with van der Waals surface area (Å²) in [5.74, 6) is -0.457. The van der Waals surface area contributed by atoms with Gasteiger partial charge in [-0.05, 0) is 31.9 Å². The van der Waals surface area contributed by atoms with Crippen molar-refractivity contribution in [2.24, 2.45) is 0 Å². The molecule has 1 aromatic carbocycles. The van der Waals surface area contributed by atoms with Crippen LogP contribution in [0, 0.1) is 0 Å². The lowest BCUT2D eigenvalue weighted by Crippen LogP contribution is -2.48. The van der Waals surface area contributed by atoms with Gasteiger partial charge in [0.2, 0.25) is 5.91 Å². The van der Waals surface area contributed by atoms with Crippen LogP contribution in [0.4, 0.5) is 0 Å². The lowest BCUT2D eigenvalue weighted by molar-refractivity contribution is -0.123. The second kappa shape index (κ2) is 8.18. The first-order chi connectivity index (χ1) is 10.6. The van der Waals surface area contributed by atoms with Crippen molar-refractivity contribution in [2.45, 2.75) is 57.5 Å². The molecule has 1 fully saturated rings. The second-order valence-electron chi connectivity index (χ2n) is 5.87. The SMILES string of the molecule is CC(NC(=O)c1ccccc1Cl)C(=O)NC1CCCCCC1. The average Bonchev–Trinajstić information content (AvgIpc) is 2.76. The predicted octanol–water partition coefficient (Wildman–Crippen LogP) is 3.30. The number of hydrogen-bond donors (Lipinski definition) is 2. The molecule has 4 nitrogen and oxygen atoms in total. The van der Waals surface area contributed by atoms with E-state index in [4.69, 9.17) is 11.6 Å². The average molecular weight is 323 g/mol. The maximum absolute atomic E-state index is 12.2. The molecule has 1 saturated carbocycles. The minimum Gasteiger partial charge on any atom is -0.352 e. The van der Waals surface area contributed by atoms with E-state index in [-0.39, 0.29) is 17.9 Å². The van der Waals surface area contributed by atoms with Gasteiger partial charge < -0.3 is 10.6 Å². The van der Waals surface area contributed by atoms with Crippen LogP contribution < -0.4 is 10.6 Å². The summed E-state index contributed by atoms with van der Waals surface area (Å²) < 4.78 is 0. The van der Waals surface area contributed by atoms with E-state index in [1.807, 2.05) is 0 Å². The van der Waals surface area contributed by atoms with Gasteiger partial charge in [-0.3, -0.25) is 9.59 Å². The minimum atomic E-state index is -0.577. The van der Waals surface area contributed by atoms with Crippen molar-refractivity contribution >= 4 is 23.4 Å². The molecule has 1 aromatic rings. The Kier molecular flexibility index (Phi) is 6.25. The third-order valence-corrected chi connectivity index (χ3v) is 4.39. The lowest BCUT2D eigenvalue weighted by Gasteiger charge is -2.20. The monoisotopic (exact) mass is 322 g/mol. The number of hydrogen-bond acceptors (Lipinski definition) is 2. The molecule has 5 heteroatoms. The normalized spacial score (nSPS) is 17.4. The fourth-order valence-corrected chi connectivity index (χ4v) is 2.96. The van der Waals surface area contributed by atoms with Crippen LogP contribution in [-0.2, 0) is 4.79 Å². The summed E-state index contributed by atoms with van der Waals surface area (Å²) in [6.07, 6.45) is 6.85. The van der Waals surface area contributed by atoms with Gasteiger partial charge in [0.05, 0.1) is 10.6 Å². The van der Waals surface area contributed by atoms with Gasteiger partial charge in [-0.25, -0.2) is 0 Å². The van der Waals surface area contributed by atoms with Crippen LogP contribution in [-0.4, -0.2) is 23.9 Å². The molecule has 0 bridgehead atoms. The molecule has 120 valence electrons. The van der Waals surface area contributed by atoms with Gasteiger partial charge in [0.25, 0.3) is 5.91 Å². The van der Waals surface area contributed by atoms with Crippen molar-refractivity contribution in [1.29, 1.82) is 0 Å². The highest BCUT2D eigenvalue weighted by Crippen LogP contribution is 2.17. The molecule has 0 aromatic heterocycles. The zero-order chi connectivity index (χ0) is 15.9. The molecule has 0 radical (unpaired) electrons. The second-order valence-corrected chi connectivity index (χ2v) is 6.28. The Balaban J connectivity index is 1.88. The molecule has 22 heavy (non-hydrogen) atoms. The van der Waals surface area contributed by atoms with Crippen LogP contribution in [0.3, 0.4) is 0 Å². The smallest absolute Gasteiger partial charge is 0.253 e. The van der Waals surface area contributed by atoms with Crippen molar-refractivity contribution in [3.05, 3.63) is 34.9 Å². The number of rotatable bonds is 4. The fraction of sp³-hybridized carbons (Fsp3) is 0.529. The van der Waals surface area contributed by atoms with Gasteiger partial charge >= 0.3 is 0 Å². The van der Waals surface area contributed by atoms with Crippen LogP contribution in [0.1, 0.15) is 55.8 Å². The van der Waals surface area contributed by atoms with E-state index in [0.29, 0.717) is 10.6 Å². The zero-order valence-corrected chi connectivity index (χ0v) is 13.7. The maximum atomic E-state index is 12.2. The van der Waals surface area contributed by atoms with Gasteiger partial charge in [-0.2, -0.15) is 0 Å². The molecular formula is C17H23ClN2O2. The molecule has 0 saturated heterocycles. The Morgan fingerprint density at radius 3 is 2.41 bits per heavy atom. The summed E-state index contributed by atoms with van der Waals surface area (Å²) in [5, 5.41) is 6.14. The molecule has 2 rings (SSSR count). The van der Waals surface area contributed by atoms with Crippen LogP contribution in [0.5, 0.6) is 0 Å². The van der Waals surface area contributed by atoms with Gasteiger partial charge in [0.15, 0.2) is 0 Å². The standard InChI is InChI=1S/C17H23ClN2O2/c1-12(16(21)20-13-8-4-2-3-5-9-13)19-17(22)14-10-6-7-11-15(14)18/h6-7,10-13H,2-5,8-9H2,1H3,(H,19,22)(H,20,21). The lowest BCUT2D eigenvalue weighted by atomic mass is 10.1. The Bertz CT molecular complexity index is 525. The summed E-state index contributed by atoms with van der Waals surface area (Å²) in [7, 11) is 0. The number of amides is 2. The zero-order valence-electron chi connectivity index (χ0n) is 12.9. The molecule has 1 aliphatic carbocycles. The number of carbonyl (C=O) groups excluding carboxylic acids is 2. The van der Waals surface area contributed by atoms with Crippen LogP contribution >= 0.6 is 11.6 Å². The Hall–Kier alpha value is -1.55. The van der Waals surface area contributed by atoms with Gasteiger partial charge in [-0.1, -0.05) is 49.4 Å². The van der Waals surface area contributed by atoms with E-state index in [0.717, 1.165) is 25.7 Å². The highest BCUT2D eigenvalue weighted by atomic mass is 35.5. The molecule has 1 aliphatic rings. The third kappa shape index (κ3) is 4.73. The summed E-state index contributed by atoms with van der Waals surface area (Å²) in [5.41, 5.74) is 0.387. The van der Waals surface area contributed by atoms with E-state index < -0.39 is 6.04 Å². The molecule has 1 atom stereocenters. The first-order valence-electron chi connectivity index (χ1n) is 7.93. The summed E-state index contributed by atoms with van der Waals surface area (Å²) in [4.78, 5) is 24.4. The number of nitrogens with one attached hydrogen (secondary N) is 2. The van der Waals surface area contributed by atoms with E-state index in [9.17, 15) is 9.59 Å². The molecule has 2 amide bonds. The molecular weight excluding hydrogens is 300 g/mol. The Morgan fingerprint density at radius 2 is 1.77 bits per heavy atom. The topological polar surface area (TPSA) is 58.2 Å². The van der Waals surface area contributed by atoms with Crippen molar-refractivity contribution in [3.63, 3.8) is 0 Å². The Labute approximate surface area is 136 Å². The summed E-state index contributed by atoms with van der Waals surface area (Å²) in [6, 6.07) is 6.47. The van der Waals surface area contributed by atoms with Crippen molar-refractivity contribution in [1.82, 2.24) is 10.6 Å². The first kappa shape index (κ1) is 16.8. The van der Waals surface area contributed by atoms with E-state index in [2.05, 4.69) is 10.6 Å². The predicted molar refractivity (Wildman–Crippen MR) is 88.0 cm³/mol. The van der Waals surface area contributed by atoms with Gasteiger partial charge in [0, 0.05) is 6.04 Å². The molecule has 0 heterocycles. The highest BCUT2D eigenvalue weighted by Gasteiger charge is 2.21. The fourth-order valence-electron chi connectivity index (χ4n) is 2.74. The van der Waals surface area contributed by atoms with E-state index >= 15 is 0 Å². The number of benzene rings is 1. The van der Waals surface area contributed by atoms with E-state index in [1.165, 1.54) is 12.8 Å². The minimum absolute atomic E-state index is 0.132. The molecule has 0 aliphatic heterocycles. The molecule has 2 N–H and O–H groups in total. The largest absolute Gasteiger partial charge is 0.352 e. The quantitative estimate of drug-likeness (QED) is 0.836. The maximum Gasteiger partial charge on any atom is 0.253 e. The first-order valence-corrected chi connectivity index (χ1v) is 8.31. The van der Waals surface area contributed by atoms with Crippen molar-refractivity contribution in [2.75, 3.05) is 0 Å². The van der Waals surface area contributed by atoms with Crippen LogP contribution in [0.25, 0.3) is 0 Å². The van der Waals surface area contributed by atoms with Gasteiger partial charge in [0.1, 0.15) is 6.04 Å². The summed E-state index contributed by atoms with van der Waals surface area (Å²) >= 11 is 5.99. The van der Waals surface area contributed by atoms with Crippen LogP contribution in [0.2, 0.25) is 5.02 Å². The van der Waals surface area contributed by atoms with Crippen molar-refractivity contribution in [3.8, 4) is 0 Å². The number of halogens is 1. The molecule has 0 spiro atoms. The summed E-state index contributed by atoms with van der Waals surface area (Å²) in [6.45, 7) is 1.70. The highest BCUT2D eigenvalue weighted by molar-refractivity contribution is 6.33. The number of carbonyl (C=O) groups is 2.